The Morgan fingerprint density at radius 2 is 1.72 bits per heavy atom. The zero-order valence-corrected chi connectivity index (χ0v) is 16.0. The van der Waals surface area contributed by atoms with Crippen LogP contribution in [0.15, 0.2) is 48.5 Å². The fourth-order valence-electron chi connectivity index (χ4n) is 2.25. The summed E-state index contributed by atoms with van der Waals surface area (Å²) in [7, 11) is 0. The van der Waals surface area contributed by atoms with Gasteiger partial charge in [0.2, 0.25) is 0 Å². The molecule has 0 heterocycles. The Kier molecular flexibility index (Phi) is 7.07. The lowest BCUT2D eigenvalue weighted by atomic mass is 10.2. The van der Waals surface area contributed by atoms with Crippen LogP contribution in [0.1, 0.15) is 26.3 Å². The highest BCUT2D eigenvalue weighted by molar-refractivity contribution is 7.80. The SMILES string of the molecule is Cc1ccccc1OC[C@@H](C)NC(=S)Nc1ccc(OC(C)C)cc1. The summed E-state index contributed by atoms with van der Waals surface area (Å²) in [5, 5.41) is 6.97. The van der Waals surface area contributed by atoms with Gasteiger partial charge in [-0.2, -0.15) is 0 Å². The van der Waals surface area contributed by atoms with Crippen molar-refractivity contribution < 1.29 is 9.47 Å². The molecule has 0 saturated heterocycles. The first-order chi connectivity index (χ1) is 11.9. The number of benzene rings is 2. The van der Waals surface area contributed by atoms with Gasteiger partial charge in [0.1, 0.15) is 18.1 Å². The molecule has 5 heteroatoms. The number of ether oxygens (including phenoxy) is 2. The van der Waals surface area contributed by atoms with Gasteiger partial charge in [-0.15, -0.1) is 0 Å². The average Bonchev–Trinajstić information content (AvgIpc) is 2.55. The molecule has 134 valence electrons. The highest BCUT2D eigenvalue weighted by Crippen LogP contribution is 2.17. The molecule has 1 atom stereocenters. The number of para-hydroxylation sites is 1. The van der Waals surface area contributed by atoms with E-state index in [1.165, 1.54) is 0 Å². The molecule has 0 fully saturated rings. The van der Waals surface area contributed by atoms with Crippen LogP contribution in [0.4, 0.5) is 5.69 Å². The van der Waals surface area contributed by atoms with Gasteiger partial charge in [-0.3, -0.25) is 0 Å². The van der Waals surface area contributed by atoms with Crippen molar-refractivity contribution in [3.05, 3.63) is 54.1 Å². The zero-order chi connectivity index (χ0) is 18.2. The second-order valence-electron chi connectivity index (χ2n) is 6.27. The largest absolute Gasteiger partial charge is 0.491 e. The molecule has 25 heavy (non-hydrogen) atoms. The first-order valence-corrected chi connectivity index (χ1v) is 8.87. The number of hydrogen-bond donors (Lipinski definition) is 2. The Morgan fingerprint density at radius 1 is 1.04 bits per heavy atom. The fraction of sp³-hybridized carbons (Fsp3) is 0.350. The molecule has 4 nitrogen and oxygen atoms in total. The van der Waals surface area contributed by atoms with Crippen LogP contribution in [0.3, 0.4) is 0 Å². The normalized spacial score (nSPS) is 11.7. The molecule has 0 amide bonds. The Balaban J connectivity index is 1.78. The van der Waals surface area contributed by atoms with Crippen LogP contribution < -0.4 is 20.1 Å². The first-order valence-electron chi connectivity index (χ1n) is 8.46. The molecule has 0 radical (unpaired) electrons. The molecular formula is C20H26N2O2S. The fourth-order valence-corrected chi connectivity index (χ4v) is 2.57. The summed E-state index contributed by atoms with van der Waals surface area (Å²) in [5.41, 5.74) is 2.04. The minimum atomic E-state index is 0.0863. The van der Waals surface area contributed by atoms with Crippen LogP contribution in [0, 0.1) is 6.92 Å². The van der Waals surface area contributed by atoms with E-state index in [0.717, 1.165) is 22.7 Å². The Labute approximate surface area is 155 Å². The summed E-state index contributed by atoms with van der Waals surface area (Å²) in [6, 6.07) is 15.8. The maximum atomic E-state index is 5.84. The first kappa shape index (κ1) is 19.1. The molecule has 2 N–H and O–H groups in total. The van der Waals surface area contributed by atoms with Gasteiger partial charge in [-0.05, 0) is 75.8 Å². The van der Waals surface area contributed by atoms with Gasteiger partial charge in [-0.25, -0.2) is 0 Å². The summed E-state index contributed by atoms with van der Waals surface area (Å²) in [5.74, 6) is 1.75. The summed E-state index contributed by atoms with van der Waals surface area (Å²) >= 11 is 5.36. The number of anilines is 1. The Morgan fingerprint density at radius 3 is 2.36 bits per heavy atom. The Bertz CT molecular complexity index is 686. The van der Waals surface area contributed by atoms with Crippen molar-refractivity contribution in [2.24, 2.45) is 0 Å². The smallest absolute Gasteiger partial charge is 0.171 e. The van der Waals surface area contributed by atoms with E-state index in [0.29, 0.717) is 11.7 Å². The molecule has 0 aromatic heterocycles. The summed E-state index contributed by atoms with van der Waals surface area (Å²) in [6.45, 7) is 8.61. The van der Waals surface area contributed by atoms with E-state index in [-0.39, 0.29) is 12.1 Å². The number of nitrogens with one attached hydrogen (secondary N) is 2. The lowest BCUT2D eigenvalue weighted by Gasteiger charge is -2.18. The summed E-state index contributed by atoms with van der Waals surface area (Å²) in [4.78, 5) is 0. The van der Waals surface area contributed by atoms with E-state index in [9.17, 15) is 0 Å². The van der Waals surface area contributed by atoms with Crippen LogP contribution in [0.25, 0.3) is 0 Å². The molecule has 0 saturated carbocycles. The maximum absolute atomic E-state index is 5.84. The third-order valence-corrected chi connectivity index (χ3v) is 3.66. The highest BCUT2D eigenvalue weighted by atomic mass is 32.1. The molecule has 0 aliphatic carbocycles. The molecule has 0 bridgehead atoms. The van der Waals surface area contributed by atoms with Crippen molar-refractivity contribution in [1.29, 1.82) is 0 Å². The van der Waals surface area contributed by atoms with Crippen LogP contribution in [-0.2, 0) is 0 Å². The van der Waals surface area contributed by atoms with Gasteiger partial charge in [0, 0.05) is 5.69 Å². The van der Waals surface area contributed by atoms with Crippen LogP contribution in [0.2, 0.25) is 0 Å². The van der Waals surface area contributed by atoms with Gasteiger partial charge in [0.05, 0.1) is 12.1 Å². The monoisotopic (exact) mass is 358 g/mol. The van der Waals surface area contributed by atoms with Gasteiger partial charge < -0.3 is 20.1 Å². The van der Waals surface area contributed by atoms with Gasteiger partial charge in [0.15, 0.2) is 5.11 Å². The topological polar surface area (TPSA) is 42.5 Å². The van der Waals surface area contributed by atoms with Crippen molar-refractivity contribution in [2.75, 3.05) is 11.9 Å². The predicted molar refractivity (Wildman–Crippen MR) is 108 cm³/mol. The van der Waals surface area contributed by atoms with E-state index in [2.05, 4.69) is 10.6 Å². The number of hydrogen-bond acceptors (Lipinski definition) is 3. The molecule has 0 unspecified atom stereocenters. The van der Waals surface area contributed by atoms with Gasteiger partial charge in [0.25, 0.3) is 0 Å². The molecule has 0 aliphatic rings. The summed E-state index contributed by atoms with van der Waals surface area (Å²) in [6.07, 6.45) is 0.163. The zero-order valence-electron chi connectivity index (χ0n) is 15.2. The van der Waals surface area contributed by atoms with Gasteiger partial charge >= 0.3 is 0 Å². The Hall–Kier alpha value is -2.27. The predicted octanol–water partition coefficient (Wildman–Crippen LogP) is 4.54. The lowest BCUT2D eigenvalue weighted by molar-refractivity contribution is 0.242. The van der Waals surface area contributed by atoms with E-state index in [1.807, 2.05) is 76.2 Å². The van der Waals surface area contributed by atoms with E-state index in [4.69, 9.17) is 21.7 Å². The van der Waals surface area contributed by atoms with Crippen molar-refractivity contribution in [2.45, 2.75) is 39.8 Å². The van der Waals surface area contributed by atoms with Crippen molar-refractivity contribution in [3.8, 4) is 11.5 Å². The standard InChI is InChI=1S/C20H26N2O2S/c1-14(2)24-18-11-9-17(10-12-18)22-20(25)21-16(4)13-23-19-8-6-5-7-15(19)3/h5-12,14,16H,13H2,1-4H3,(H2,21,22,25)/t16-/m1/s1. The van der Waals surface area contributed by atoms with E-state index < -0.39 is 0 Å². The minimum absolute atomic E-state index is 0.0863. The molecule has 2 aromatic carbocycles. The molecule has 0 spiro atoms. The third-order valence-electron chi connectivity index (χ3n) is 3.44. The molecule has 0 aliphatic heterocycles. The number of thiocarbonyl (C=S) groups is 1. The van der Waals surface area contributed by atoms with Crippen LogP contribution in [0.5, 0.6) is 11.5 Å². The van der Waals surface area contributed by atoms with Crippen molar-refractivity contribution in [3.63, 3.8) is 0 Å². The molecule has 2 aromatic rings. The molecular weight excluding hydrogens is 332 g/mol. The van der Waals surface area contributed by atoms with Crippen molar-refractivity contribution in [1.82, 2.24) is 5.32 Å². The van der Waals surface area contributed by atoms with E-state index in [1.54, 1.807) is 0 Å². The maximum Gasteiger partial charge on any atom is 0.171 e. The highest BCUT2D eigenvalue weighted by Gasteiger charge is 2.07. The number of rotatable bonds is 7. The van der Waals surface area contributed by atoms with Crippen LogP contribution in [-0.4, -0.2) is 23.9 Å². The van der Waals surface area contributed by atoms with Crippen LogP contribution >= 0.6 is 12.2 Å². The second kappa shape index (κ2) is 9.28. The lowest BCUT2D eigenvalue weighted by Crippen LogP contribution is -2.39. The third kappa shape index (κ3) is 6.63. The number of aryl methyl sites for hydroxylation is 1. The molecule has 2 rings (SSSR count). The average molecular weight is 359 g/mol. The van der Waals surface area contributed by atoms with Crippen molar-refractivity contribution >= 4 is 23.0 Å². The quantitative estimate of drug-likeness (QED) is 0.712. The minimum Gasteiger partial charge on any atom is -0.491 e. The van der Waals surface area contributed by atoms with E-state index >= 15 is 0 Å². The summed E-state index contributed by atoms with van der Waals surface area (Å²) < 4.78 is 11.5. The second-order valence-corrected chi connectivity index (χ2v) is 6.68. The van der Waals surface area contributed by atoms with Gasteiger partial charge in [-0.1, -0.05) is 18.2 Å².